The summed E-state index contributed by atoms with van der Waals surface area (Å²) >= 11 is 0. The highest BCUT2D eigenvalue weighted by Gasteiger charge is 2.33. The normalized spacial score (nSPS) is 22.2. The minimum Gasteiger partial charge on any atom is -0.444 e. The lowest BCUT2D eigenvalue weighted by Gasteiger charge is -2.35. The predicted octanol–water partition coefficient (Wildman–Crippen LogP) is 2.57. The molecule has 2 fully saturated rings. The van der Waals surface area contributed by atoms with Crippen LogP contribution >= 0.6 is 0 Å². The van der Waals surface area contributed by atoms with Gasteiger partial charge in [-0.2, -0.15) is 0 Å². The van der Waals surface area contributed by atoms with Crippen molar-refractivity contribution in [3.63, 3.8) is 0 Å². The number of rotatable bonds is 2. The number of ether oxygens (including phenoxy) is 1. The Morgan fingerprint density at radius 3 is 2.48 bits per heavy atom. The smallest absolute Gasteiger partial charge is 0.415 e. The summed E-state index contributed by atoms with van der Waals surface area (Å²) in [7, 11) is 0. The summed E-state index contributed by atoms with van der Waals surface area (Å²) in [6.45, 7) is 9.67. The van der Waals surface area contributed by atoms with Gasteiger partial charge in [-0.3, -0.25) is 14.7 Å². The Bertz CT molecular complexity index is 663. The van der Waals surface area contributed by atoms with E-state index in [2.05, 4.69) is 9.97 Å². The van der Waals surface area contributed by atoms with Gasteiger partial charge in [0.1, 0.15) is 6.10 Å². The van der Waals surface area contributed by atoms with E-state index in [1.807, 2.05) is 32.6 Å². The first-order chi connectivity index (χ1) is 11.8. The third-order valence-electron chi connectivity index (χ3n) is 4.72. The molecule has 0 aromatic carbocycles. The zero-order chi connectivity index (χ0) is 18.2. The molecule has 2 aliphatic heterocycles. The first-order valence-corrected chi connectivity index (χ1v) is 8.85. The van der Waals surface area contributed by atoms with E-state index >= 15 is 0 Å². The Hall–Kier alpha value is -2.18. The third kappa shape index (κ3) is 3.75. The van der Waals surface area contributed by atoms with E-state index in [0.29, 0.717) is 12.4 Å². The van der Waals surface area contributed by atoms with Crippen LogP contribution in [0.15, 0.2) is 12.4 Å². The van der Waals surface area contributed by atoms with Crippen molar-refractivity contribution < 1.29 is 14.3 Å². The Balaban J connectivity index is 1.67. The van der Waals surface area contributed by atoms with Gasteiger partial charge in [0.15, 0.2) is 5.82 Å². The molecule has 3 heterocycles. The zero-order valence-corrected chi connectivity index (χ0v) is 15.4. The van der Waals surface area contributed by atoms with Crippen LogP contribution in [0.1, 0.15) is 52.1 Å². The van der Waals surface area contributed by atoms with Crippen LogP contribution in [0.2, 0.25) is 0 Å². The largest absolute Gasteiger partial charge is 0.444 e. The molecule has 0 unspecified atom stereocenters. The summed E-state index contributed by atoms with van der Waals surface area (Å²) in [5.74, 6) is 0.993. The first kappa shape index (κ1) is 17.6. The lowest BCUT2D eigenvalue weighted by molar-refractivity contribution is -0.140. The van der Waals surface area contributed by atoms with Gasteiger partial charge in [0.25, 0.3) is 0 Å². The molecular formula is C18H26N4O3. The first-order valence-electron chi connectivity index (χ1n) is 8.85. The molecule has 0 radical (unpaired) electrons. The molecule has 2 amide bonds. The van der Waals surface area contributed by atoms with Crippen LogP contribution in [0.25, 0.3) is 0 Å². The highest BCUT2D eigenvalue weighted by Crippen LogP contribution is 2.30. The summed E-state index contributed by atoms with van der Waals surface area (Å²) < 4.78 is 5.16. The maximum atomic E-state index is 12.4. The van der Waals surface area contributed by atoms with Crippen molar-refractivity contribution in [2.75, 3.05) is 24.5 Å². The van der Waals surface area contributed by atoms with Gasteiger partial charge < -0.3 is 9.64 Å². The number of likely N-dealkylation sites (tertiary alicyclic amines) is 1. The molecule has 2 saturated heterocycles. The maximum Gasteiger partial charge on any atom is 0.415 e. The van der Waals surface area contributed by atoms with Gasteiger partial charge in [-0.25, -0.2) is 9.78 Å². The maximum absolute atomic E-state index is 12.4. The van der Waals surface area contributed by atoms with Crippen molar-refractivity contribution in [3.05, 3.63) is 18.1 Å². The van der Waals surface area contributed by atoms with Gasteiger partial charge in [0.2, 0.25) is 5.91 Å². The Labute approximate surface area is 148 Å². The van der Waals surface area contributed by atoms with Crippen LogP contribution in [-0.4, -0.2) is 52.6 Å². The second-order valence-electron chi connectivity index (χ2n) is 7.92. The van der Waals surface area contributed by atoms with Gasteiger partial charge in [-0.1, -0.05) is 20.8 Å². The van der Waals surface area contributed by atoms with Crippen molar-refractivity contribution in [1.82, 2.24) is 14.9 Å². The van der Waals surface area contributed by atoms with E-state index < -0.39 is 0 Å². The van der Waals surface area contributed by atoms with E-state index in [0.717, 1.165) is 31.6 Å². The van der Waals surface area contributed by atoms with Gasteiger partial charge >= 0.3 is 6.09 Å². The summed E-state index contributed by atoms with van der Waals surface area (Å²) in [6.07, 6.45) is 4.58. The third-order valence-corrected chi connectivity index (χ3v) is 4.72. The summed E-state index contributed by atoms with van der Waals surface area (Å²) in [5.41, 5.74) is 0.534. The zero-order valence-electron chi connectivity index (χ0n) is 15.4. The molecule has 2 aliphatic rings. The van der Waals surface area contributed by atoms with E-state index in [9.17, 15) is 9.59 Å². The molecule has 1 aromatic heterocycles. The molecule has 1 atom stereocenters. The molecular weight excluding hydrogens is 320 g/mol. The molecule has 0 bridgehead atoms. The number of carbonyl (C=O) groups excluding carboxylic acids is 2. The van der Waals surface area contributed by atoms with Crippen molar-refractivity contribution in [3.8, 4) is 0 Å². The van der Waals surface area contributed by atoms with E-state index in [-0.39, 0.29) is 29.4 Å². The SMILES string of the molecule is C[C@H]1CN(c2cncc(C3CCN(C(=O)C(C)(C)C)CC3)n2)C(=O)O1. The highest BCUT2D eigenvalue weighted by molar-refractivity contribution is 5.88. The number of anilines is 1. The summed E-state index contributed by atoms with van der Waals surface area (Å²) in [5, 5.41) is 0. The monoisotopic (exact) mass is 346 g/mol. The molecule has 3 rings (SSSR count). The fourth-order valence-corrected chi connectivity index (χ4v) is 3.34. The van der Waals surface area contributed by atoms with Crippen molar-refractivity contribution in [2.24, 2.45) is 5.41 Å². The molecule has 0 N–H and O–H groups in total. The number of cyclic esters (lactones) is 1. The number of hydrogen-bond acceptors (Lipinski definition) is 5. The molecule has 7 heteroatoms. The van der Waals surface area contributed by atoms with Crippen LogP contribution < -0.4 is 4.90 Å². The highest BCUT2D eigenvalue weighted by atomic mass is 16.6. The molecule has 0 saturated carbocycles. The van der Waals surface area contributed by atoms with E-state index in [1.165, 1.54) is 4.90 Å². The van der Waals surface area contributed by atoms with Crippen LogP contribution in [-0.2, 0) is 9.53 Å². The van der Waals surface area contributed by atoms with Crippen molar-refractivity contribution in [1.29, 1.82) is 0 Å². The van der Waals surface area contributed by atoms with Crippen molar-refractivity contribution in [2.45, 2.75) is 52.6 Å². The number of carbonyl (C=O) groups is 2. The molecule has 1 aromatic rings. The van der Waals surface area contributed by atoms with Crippen LogP contribution in [0, 0.1) is 5.41 Å². The minimum absolute atomic E-state index is 0.135. The van der Waals surface area contributed by atoms with Gasteiger partial charge in [-0.15, -0.1) is 0 Å². The fraction of sp³-hybridized carbons (Fsp3) is 0.667. The second kappa shape index (κ2) is 6.61. The minimum atomic E-state index is -0.371. The molecule has 7 nitrogen and oxygen atoms in total. The predicted molar refractivity (Wildman–Crippen MR) is 93.3 cm³/mol. The molecule has 0 spiro atoms. The molecule has 25 heavy (non-hydrogen) atoms. The molecule has 0 aliphatic carbocycles. The van der Waals surface area contributed by atoms with Gasteiger partial charge in [-0.05, 0) is 19.8 Å². The van der Waals surface area contributed by atoms with Gasteiger partial charge in [0, 0.05) is 30.6 Å². The van der Waals surface area contributed by atoms with Gasteiger partial charge in [0.05, 0.1) is 18.4 Å². The van der Waals surface area contributed by atoms with Crippen LogP contribution in [0.5, 0.6) is 0 Å². The number of hydrogen-bond donors (Lipinski definition) is 0. The fourth-order valence-electron chi connectivity index (χ4n) is 3.34. The van der Waals surface area contributed by atoms with E-state index in [1.54, 1.807) is 12.4 Å². The summed E-state index contributed by atoms with van der Waals surface area (Å²) in [6, 6.07) is 0. The van der Waals surface area contributed by atoms with Crippen molar-refractivity contribution >= 4 is 17.8 Å². The average Bonchev–Trinajstić information content (AvgIpc) is 2.92. The van der Waals surface area contributed by atoms with Crippen LogP contribution in [0.3, 0.4) is 0 Å². The number of amides is 2. The second-order valence-corrected chi connectivity index (χ2v) is 7.92. The lowest BCUT2D eigenvalue weighted by Crippen LogP contribution is -2.43. The topological polar surface area (TPSA) is 75.6 Å². The van der Waals surface area contributed by atoms with E-state index in [4.69, 9.17) is 4.74 Å². The standard InChI is InChI=1S/C18H26N4O3/c1-12-11-22(17(24)25-12)15-10-19-9-14(20-15)13-5-7-21(8-6-13)16(23)18(2,3)4/h9-10,12-13H,5-8,11H2,1-4H3/t12-/m0/s1. The number of piperidine rings is 1. The number of nitrogens with zero attached hydrogens (tertiary/aromatic N) is 4. The average molecular weight is 346 g/mol. The quantitative estimate of drug-likeness (QED) is 0.823. The Morgan fingerprint density at radius 1 is 1.24 bits per heavy atom. The summed E-state index contributed by atoms with van der Waals surface area (Å²) in [4.78, 5) is 36.6. The lowest BCUT2D eigenvalue weighted by atomic mass is 9.90. The Morgan fingerprint density at radius 2 is 1.92 bits per heavy atom. The Kier molecular flexibility index (Phi) is 4.67. The molecule has 136 valence electrons. The van der Waals surface area contributed by atoms with Crippen LogP contribution in [0.4, 0.5) is 10.6 Å². The number of aromatic nitrogens is 2.